The van der Waals surface area contributed by atoms with Crippen molar-refractivity contribution in [1.29, 1.82) is 0 Å². The fourth-order valence-electron chi connectivity index (χ4n) is 6.73. The number of hydrogen-bond donors (Lipinski definition) is 2. The number of carbonyl (C=O) groups is 5. The van der Waals surface area contributed by atoms with Crippen LogP contribution >= 0.6 is 11.6 Å². The molecular formula is C33H30ClN3O6. The molecule has 0 aromatic heterocycles. The van der Waals surface area contributed by atoms with Crippen molar-refractivity contribution in [1.82, 2.24) is 15.8 Å². The van der Waals surface area contributed by atoms with Gasteiger partial charge in [-0.1, -0.05) is 66.6 Å². The first-order valence-electron chi connectivity index (χ1n) is 14.4. The van der Waals surface area contributed by atoms with Gasteiger partial charge < -0.3 is 4.74 Å². The average molecular weight is 600 g/mol. The summed E-state index contributed by atoms with van der Waals surface area (Å²) in [6, 6.07) is 22.4. The smallest absolute Gasteiger partial charge is 0.306 e. The van der Waals surface area contributed by atoms with E-state index in [9.17, 15) is 24.0 Å². The molecule has 3 aromatic carbocycles. The maximum Gasteiger partial charge on any atom is 0.306 e. The molecule has 1 aliphatic heterocycles. The molecule has 10 heteroatoms. The fraction of sp³-hybridized carbons (Fsp3) is 0.303. The second-order valence-corrected chi connectivity index (χ2v) is 11.5. The van der Waals surface area contributed by atoms with Gasteiger partial charge in [-0.05, 0) is 59.4 Å². The standard InChI is InChI=1S/C33H30ClN3O6/c34-20-15-13-19(14-16-20)31(40)36-35-25(38)18-43-26(39)12-2-1-7-17-37-32(41)29-27-21-8-3-4-9-22(21)28(30(29)33(37)42)24-11-6-5-10-23(24)27/h3-6,8-11,13-16,27-30H,1-2,7,12,17-18H2,(H,35,38)(H,36,40)/t27?,28?,29-,30-/m0/s1. The fourth-order valence-corrected chi connectivity index (χ4v) is 6.86. The molecule has 1 saturated heterocycles. The number of nitrogens with zero attached hydrogens (tertiary/aromatic N) is 1. The lowest BCUT2D eigenvalue weighted by atomic mass is 9.55. The summed E-state index contributed by atoms with van der Waals surface area (Å²) in [5.74, 6) is -3.01. The molecule has 3 aromatic rings. The molecule has 2 bridgehead atoms. The third kappa shape index (κ3) is 5.41. The number of carbonyl (C=O) groups excluding carboxylic acids is 5. The lowest BCUT2D eigenvalue weighted by molar-refractivity contribution is -0.148. The Morgan fingerprint density at radius 1 is 0.721 bits per heavy atom. The zero-order valence-electron chi connectivity index (χ0n) is 23.3. The molecular weight excluding hydrogens is 570 g/mol. The first kappa shape index (κ1) is 28.6. The predicted molar refractivity (Wildman–Crippen MR) is 157 cm³/mol. The Kier molecular flexibility index (Phi) is 7.99. The summed E-state index contributed by atoms with van der Waals surface area (Å²) in [5.41, 5.74) is 9.32. The molecule has 1 heterocycles. The number of unbranched alkanes of at least 4 members (excludes halogenated alkanes) is 2. The van der Waals surface area contributed by atoms with Gasteiger partial charge >= 0.3 is 5.97 Å². The number of hydrazine groups is 1. The molecule has 0 radical (unpaired) electrons. The molecule has 220 valence electrons. The van der Waals surface area contributed by atoms with Crippen molar-refractivity contribution >= 4 is 41.2 Å². The van der Waals surface area contributed by atoms with E-state index < -0.39 is 24.4 Å². The zero-order valence-corrected chi connectivity index (χ0v) is 24.0. The molecule has 0 saturated carbocycles. The SMILES string of the molecule is O=C(COC(=O)CCCCCN1C(=O)[C@H]2C3c4ccccc4C(c4ccccc43)[C@@H]2C1=O)NNC(=O)c1ccc(Cl)cc1. The van der Waals surface area contributed by atoms with Crippen molar-refractivity contribution in [3.8, 4) is 0 Å². The van der Waals surface area contributed by atoms with Gasteiger partial charge in [-0.15, -0.1) is 0 Å². The molecule has 0 unspecified atom stereocenters. The maximum absolute atomic E-state index is 13.6. The first-order valence-corrected chi connectivity index (χ1v) is 14.8. The number of esters is 1. The van der Waals surface area contributed by atoms with Crippen molar-refractivity contribution in [2.75, 3.05) is 13.2 Å². The van der Waals surface area contributed by atoms with Crippen molar-refractivity contribution in [3.63, 3.8) is 0 Å². The number of likely N-dealkylation sites (tertiary alicyclic amines) is 1. The summed E-state index contributed by atoms with van der Waals surface area (Å²) in [6.45, 7) is -0.228. The molecule has 9 nitrogen and oxygen atoms in total. The Bertz CT molecular complexity index is 1490. The van der Waals surface area contributed by atoms with Crippen LogP contribution in [0.2, 0.25) is 5.02 Å². The molecule has 7 rings (SSSR count). The molecule has 0 spiro atoms. The monoisotopic (exact) mass is 599 g/mol. The molecule has 2 atom stereocenters. The van der Waals surface area contributed by atoms with E-state index in [1.807, 2.05) is 24.3 Å². The van der Waals surface area contributed by atoms with Crippen LogP contribution in [-0.4, -0.2) is 47.6 Å². The molecule has 43 heavy (non-hydrogen) atoms. The number of rotatable bonds is 9. The van der Waals surface area contributed by atoms with E-state index in [1.165, 1.54) is 17.0 Å². The highest BCUT2D eigenvalue weighted by Crippen LogP contribution is 2.60. The Morgan fingerprint density at radius 3 is 1.79 bits per heavy atom. The van der Waals surface area contributed by atoms with Gasteiger partial charge in [0.1, 0.15) is 0 Å². The van der Waals surface area contributed by atoms with Gasteiger partial charge in [0.15, 0.2) is 6.61 Å². The van der Waals surface area contributed by atoms with Crippen molar-refractivity contribution in [3.05, 3.63) is 106 Å². The second kappa shape index (κ2) is 12.0. The van der Waals surface area contributed by atoms with E-state index in [2.05, 4.69) is 35.1 Å². The maximum atomic E-state index is 13.6. The molecule has 4 aliphatic rings. The van der Waals surface area contributed by atoms with E-state index in [0.717, 1.165) is 22.3 Å². The predicted octanol–water partition coefficient (Wildman–Crippen LogP) is 4.10. The van der Waals surface area contributed by atoms with E-state index in [4.69, 9.17) is 16.3 Å². The zero-order chi connectivity index (χ0) is 30.1. The Balaban J connectivity index is 0.950. The van der Waals surface area contributed by atoms with Gasteiger partial charge in [0.2, 0.25) is 11.8 Å². The van der Waals surface area contributed by atoms with Gasteiger partial charge in [0, 0.05) is 35.4 Å². The highest BCUT2D eigenvalue weighted by molar-refractivity contribution is 6.30. The van der Waals surface area contributed by atoms with Gasteiger partial charge in [0.25, 0.3) is 11.8 Å². The van der Waals surface area contributed by atoms with Crippen molar-refractivity contribution < 1.29 is 28.7 Å². The lowest BCUT2D eigenvalue weighted by Crippen LogP contribution is -2.43. The summed E-state index contributed by atoms with van der Waals surface area (Å²) in [5, 5.41) is 0.479. The van der Waals surface area contributed by atoms with Crippen LogP contribution in [-0.2, 0) is 23.9 Å². The minimum absolute atomic E-state index is 0.0896. The number of ether oxygens (including phenoxy) is 1. The van der Waals surface area contributed by atoms with E-state index in [0.29, 0.717) is 36.4 Å². The summed E-state index contributed by atoms with van der Waals surface area (Å²) in [6.07, 6.45) is 1.75. The van der Waals surface area contributed by atoms with Crippen LogP contribution in [0.5, 0.6) is 0 Å². The minimum Gasteiger partial charge on any atom is -0.455 e. The molecule has 2 N–H and O–H groups in total. The molecule has 3 aliphatic carbocycles. The summed E-state index contributed by atoms with van der Waals surface area (Å²) in [4.78, 5) is 64.8. The summed E-state index contributed by atoms with van der Waals surface area (Å²) >= 11 is 5.79. The molecule has 1 fully saturated rings. The second-order valence-electron chi connectivity index (χ2n) is 11.1. The van der Waals surface area contributed by atoms with Gasteiger partial charge in [-0.25, -0.2) is 0 Å². The van der Waals surface area contributed by atoms with Gasteiger partial charge in [-0.2, -0.15) is 0 Å². The van der Waals surface area contributed by atoms with Crippen LogP contribution in [0.1, 0.15) is 70.1 Å². The van der Waals surface area contributed by atoms with E-state index in [-0.39, 0.29) is 41.9 Å². The Labute approximate surface area is 253 Å². The number of halogens is 1. The van der Waals surface area contributed by atoms with E-state index >= 15 is 0 Å². The van der Waals surface area contributed by atoms with Crippen LogP contribution in [0.4, 0.5) is 0 Å². The van der Waals surface area contributed by atoms with Crippen LogP contribution in [0.3, 0.4) is 0 Å². The van der Waals surface area contributed by atoms with Crippen LogP contribution in [0.15, 0.2) is 72.8 Å². The topological polar surface area (TPSA) is 122 Å². The third-order valence-electron chi connectivity index (χ3n) is 8.59. The number of amides is 4. The highest BCUT2D eigenvalue weighted by atomic mass is 35.5. The summed E-state index contributed by atoms with van der Waals surface area (Å²) < 4.78 is 4.99. The van der Waals surface area contributed by atoms with Crippen LogP contribution in [0, 0.1) is 11.8 Å². The number of hydrogen-bond acceptors (Lipinski definition) is 6. The van der Waals surface area contributed by atoms with Gasteiger partial charge in [0.05, 0.1) is 11.8 Å². The van der Waals surface area contributed by atoms with Crippen LogP contribution in [0.25, 0.3) is 0 Å². The average Bonchev–Trinajstić information content (AvgIpc) is 3.28. The number of nitrogens with one attached hydrogen (secondary N) is 2. The van der Waals surface area contributed by atoms with E-state index in [1.54, 1.807) is 12.1 Å². The van der Waals surface area contributed by atoms with Crippen molar-refractivity contribution in [2.24, 2.45) is 11.8 Å². The van der Waals surface area contributed by atoms with Crippen LogP contribution < -0.4 is 10.9 Å². The Hall–Kier alpha value is -4.50. The normalized spacial score (nSPS) is 21.1. The lowest BCUT2D eigenvalue weighted by Gasteiger charge is -2.45. The Morgan fingerprint density at radius 2 is 1.26 bits per heavy atom. The quantitative estimate of drug-likeness (QED) is 0.165. The minimum atomic E-state index is -0.679. The summed E-state index contributed by atoms with van der Waals surface area (Å²) in [7, 11) is 0. The molecule has 4 amide bonds. The van der Waals surface area contributed by atoms with Crippen molar-refractivity contribution in [2.45, 2.75) is 37.5 Å². The largest absolute Gasteiger partial charge is 0.455 e. The first-order chi connectivity index (χ1) is 20.8. The number of benzene rings is 3. The van der Waals surface area contributed by atoms with Gasteiger partial charge in [-0.3, -0.25) is 39.7 Å². The number of imide groups is 1. The third-order valence-corrected chi connectivity index (χ3v) is 8.84. The highest BCUT2D eigenvalue weighted by Gasteiger charge is 2.61.